The molecule has 0 saturated carbocycles. The second-order valence-corrected chi connectivity index (χ2v) is 4.93. The number of fused-ring (bicyclic) bond motifs is 1. The zero-order valence-corrected chi connectivity index (χ0v) is 11.0. The van der Waals surface area contributed by atoms with Gasteiger partial charge in [0.25, 0.3) is 0 Å². The van der Waals surface area contributed by atoms with Crippen LogP contribution in [0.1, 0.15) is 32.9 Å². The molecule has 17 heavy (non-hydrogen) atoms. The molecule has 0 saturated heterocycles. The molecule has 1 unspecified atom stereocenters. The Hall–Kier alpha value is -1.44. The molecule has 2 N–H and O–H groups in total. The first kappa shape index (κ1) is 12.0. The van der Waals surface area contributed by atoms with Crippen LogP contribution in [0.15, 0.2) is 24.3 Å². The Kier molecular flexibility index (Phi) is 3.41. The van der Waals surface area contributed by atoms with Crippen molar-refractivity contribution in [2.24, 2.45) is 5.92 Å². The molecule has 0 spiro atoms. The summed E-state index contributed by atoms with van der Waals surface area (Å²) in [4.78, 5) is 0. The minimum absolute atomic E-state index is 0.716. The van der Waals surface area contributed by atoms with Crippen LogP contribution in [0.5, 0.6) is 0 Å². The van der Waals surface area contributed by atoms with E-state index in [-0.39, 0.29) is 0 Å². The van der Waals surface area contributed by atoms with E-state index in [4.69, 9.17) is 5.73 Å². The third-order valence-electron chi connectivity index (χ3n) is 3.56. The smallest absolute Gasteiger partial charge is 0.0484 e. The highest BCUT2D eigenvalue weighted by Crippen LogP contribution is 2.24. The van der Waals surface area contributed by atoms with E-state index in [2.05, 4.69) is 43.5 Å². The molecule has 2 heteroatoms. The molecule has 0 amide bonds. The molecule has 0 fully saturated rings. The lowest BCUT2D eigenvalue weighted by Gasteiger charge is -2.14. The van der Waals surface area contributed by atoms with Crippen molar-refractivity contribution < 1.29 is 0 Å². The van der Waals surface area contributed by atoms with Gasteiger partial charge in [0.05, 0.1) is 0 Å². The van der Waals surface area contributed by atoms with Gasteiger partial charge in [0.2, 0.25) is 0 Å². The first-order valence-electron chi connectivity index (χ1n) is 6.53. The van der Waals surface area contributed by atoms with E-state index in [9.17, 15) is 0 Å². The Labute approximate surface area is 103 Å². The summed E-state index contributed by atoms with van der Waals surface area (Å²) in [5, 5.41) is 1.27. The van der Waals surface area contributed by atoms with Crippen molar-refractivity contribution >= 4 is 16.6 Å². The van der Waals surface area contributed by atoms with Crippen LogP contribution in [-0.2, 0) is 13.0 Å². The van der Waals surface area contributed by atoms with E-state index < -0.39 is 0 Å². The van der Waals surface area contributed by atoms with Gasteiger partial charge >= 0.3 is 0 Å². The van der Waals surface area contributed by atoms with Gasteiger partial charge in [0, 0.05) is 28.8 Å². The topological polar surface area (TPSA) is 30.9 Å². The fourth-order valence-electron chi connectivity index (χ4n) is 2.30. The molecule has 0 bridgehead atoms. The van der Waals surface area contributed by atoms with Crippen molar-refractivity contribution in [1.82, 2.24) is 4.57 Å². The molecule has 1 heterocycles. The van der Waals surface area contributed by atoms with Crippen molar-refractivity contribution in [2.45, 2.75) is 40.2 Å². The average Bonchev–Trinajstić information content (AvgIpc) is 2.66. The number of aryl methyl sites for hydroxylation is 1. The summed E-state index contributed by atoms with van der Waals surface area (Å²) in [5.74, 6) is 0.716. The third kappa shape index (κ3) is 2.31. The predicted molar refractivity (Wildman–Crippen MR) is 75.2 cm³/mol. The van der Waals surface area contributed by atoms with E-state index in [1.54, 1.807) is 0 Å². The zero-order valence-electron chi connectivity index (χ0n) is 11.0. The second kappa shape index (κ2) is 4.82. The maximum atomic E-state index is 5.84. The van der Waals surface area contributed by atoms with Gasteiger partial charge in [-0.25, -0.2) is 0 Å². The number of hydrogen-bond acceptors (Lipinski definition) is 1. The standard InChI is InChI=1S/C15H22N2/c1-4-11(3)10-17-14(5-2)9-12-8-13(16)6-7-15(12)17/h6-9,11H,4-5,10,16H2,1-3H3. The number of nitrogen functional groups attached to an aromatic ring is 1. The van der Waals surface area contributed by atoms with Crippen LogP contribution >= 0.6 is 0 Å². The van der Waals surface area contributed by atoms with Crippen molar-refractivity contribution in [2.75, 3.05) is 5.73 Å². The van der Waals surface area contributed by atoms with Crippen LogP contribution in [0.2, 0.25) is 0 Å². The number of rotatable bonds is 4. The van der Waals surface area contributed by atoms with Gasteiger partial charge in [0.15, 0.2) is 0 Å². The van der Waals surface area contributed by atoms with Crippen LogP contribution in [0.4, 0.5) is 5.69 Å². The molecular formula is C15H22N2. The molecule has 0 aliphatic heterocycles. The highest BCUT2D eigenvalue weighted by molar-refractivity contribution is 5.84. The Morgan fingerprint density at radius 2 is 2.00 bits per heavy atom. The molecule has 2 nitrogen and oxygen atoms in total. The lowest BCUT2D eigenvalue weighted by Crippen LogP contribution is -2.09. The number of anilines is 1. The summed E-state index contributed by atoms with van der Waals surface area (Å²) >= 11 is 0. The van der Waals surface area contributed by atoms with Gasteiger partial charge in [0.1, 0.15) is 0 Å². The minimum atomic E-state index is 0.716. The first-order chi connectivity index (χ1) is 8.15. The zero-order chi connectivity index (χ0) is 12.4. The second-order valence-electron chi connectivity index (χ2n) is 4.93. The van der Waals surface area contributed by atoms with Crippen molar-refractivity contribution in [3.05, 3.63) is 30.0 Å². The predicted octanol–water partition coefficient (Wildman–Crippen LogP) is 3.83. The van der Waals surface area contributed by atoms with E-state index >= 15 is 0 Å². The fourth-order valence-corrected chi connectivity index (χ4v) is 2.30. The highest BCUT2D eigenvalue weighted by atomic mass is 15.0. The molecule has 1 aromatic heterocycles. The minimum Gasteiger partial charge on any atom is -0.399 e. The summed E-state index contributed by atoms with van der Waals surface area (Å²) in [5.41, 5.74) is 9.42. The van der Waals surface area contributed by atoms with Crippen LogP contribution < -0.4 is 5.73 Å². The molecule has 0 aliphatic rings. The SMILES string of the molecule is CCc1cc2cc(N)ccc2n1CC(C)CC. The maximum absolute atomic E-state index is 5.84. The largest absolute Gasteiger partial charge is 0.399 e. The summed E-state index contributed by atoms with van der Waals surface area (Å²) in [6.45, 7) is 7.88. The van der Waals surface area contributed by atoms with Gasteiger partial charge in [-0.3, -0.25) is 0 Å². The quantitative estimate of drug-likeness (QED) is 0.795. The maximum Gasteiger partial charge on any atom is 0.0484 e. The van der Waals surface area contributed by atoms with E-state index in [0.717, 1.165) is 18.7 Å². The normalized spacial score (nSPS) is 13.1. The Bertz CT molecular complexity index is 511. The average molecular weight is 230 g/mol. The summed E-state index contributed by atoms with van der Waals surface area (Å²) in [6, 6.07) is 8.48. The number of benzene rings is 1. The monoisotopic (exact) mass is 230 g/mol. The molecule has 1 aromatic carbocycles. The Morgan fingerprint density at radius 3 is 2.65 bits per heavy atom. The molecule has 2 aromatic rings. The van der Waals surface area contributed by atoms with Crippen LogP contribution in [-0.4, -0.2) is 4.57 Å². The van der Waals surface area contributed by atoms with Crippen LogP contribution in [0, 0.1) is 5.92 Å². The Morgan fingerprint density at radius 1 is 1.24 bits per heavy atom. The van der Waals surface area contributed by atoms with E-state index in [1.807, 2.05) is 6.07 Å². The van der Waals surface area contributed by atoms with Crippen LogP contribution in [0.25, 0.3) is 10.9 Å². The first-order valence-corrected chi connectivity index (χ1v) is 6.53. The van der Waals surface area contributed by atoms with Gasteiger partial charge < -0.3 is 10.3 Å². The van der Waals surface area contributed by atoms with Crippen molar-refractivity contribution in [3.8, 4) is 0 Å². The highest BCUT2D eigenvalue weighted by Gasteiger charge is 2.09. The fraction of sp³-hybridized carbons (Fsp3) is 0.467. The summed E-state index contributed by atoms with van der Waals surface area (Å²) in [6.07, 6.45) is 2.29. The molecule has 2 rings (SSSR count). The van der Waals surface area contributed by atoms with Gasteiger partial charge in [-0.1, -0.05) is 27.2 Å². The number of nitrogens with two attached hydrogens (primary N) is 1. The number of aromatic nitrogens is 1. The molecule has 0 aliphatic carbocycles. The molecule has 1 atom stereocenters. The van der Waals surface area contributed by atoms with E-state index in [0.29, 0.717) is 5.92 Å². The molecule has 92 valence electrons. The molecular weight excluding hydrogens is 208 g/mol. The Balaban J connectivity index is 2.50. The van der Waals surface area contributed by atoms with Gasteiger partial charge in [-0.15, -0.1) is 0 Å². The van der Waals surface area contributed by atoms with Crippen molar-refractivity contribution in [1.29, 1.82) is 0 Å². The summed E-state index contributed by atoms with van der Waals surface area (Å²) in [7, 11) is 0. The lowest BCUT2D eigenvalue weighted by molar-refractivity contribution is 0.469. The number of nitrogens with zero attached hydrogens (tertiary/aromatic N) is 1. The van der Waals surface area contributed by atoms with Crippen molar-refractivity contribution in [3.63, 3.8) is 0 Å². The third-order valence-corrected chi connectivity index (χ3v) is 3.56. The van der Waals surface area contributed by atoms with E-state index in [1.165, 1.54) is 23.0 Å². The summed E-state index contributed by atoms with van der Waals surface area (Å²) < 4.78 is 2.45. The van der Waals surface area contributed by atoms with Gasteiger partial charge in [-0.05, 0) is 36.6 Å². The van der Waals surface area contributed by atoms with Gasteiger partial charge in [-0.2, -0.15) is 0 Å². The molecule has 0 radical (unpaired) electrons. The lowest BCUT2D eigenvalue weighted by atomic mass is 10.1. The number of hydrogen-bond donors (Lipinski definition) is 1. The van der Waals surface area contributed by atoms with Crippen LogP contribution in [0.3, 0.4) is 0 Å².